The van der Waals surface area contributed by atoms with Crippen LogP contribution in [0.15, 0.2) is 54.6 Å². The van der Waals surface area contributed by atoms with Crippen molar-refractivity contribution in [3.63, 3.8) is 0 Å². The van der Waals surface area contributed by atoms with Gasteiger partial charge in [-0.25, -0.2) is 9.18 Å². The van der Waals surface area contributed by atoms with Crippen LogP contribution < -0.4 is 10.6 Å². The van der Waals surface area contributed by atoms with Crippen LogP contribution in [0, 0.1) is 5.82 Å². The first-order chi connectivity index (χ1) is 14.9. The molecular formula is C24H28FN3O3. The summed E-state index contributed by atoms with van der Waals surface area (Å²) in [6, 6.07) is 14.7. The number of carbonyl (C=O) groups is 3. The quantitative estimate of drug-likeness (QED) is 0.602. The molecule has 0 radical (unpaired) electrons. The molecule has 2 aromatic rings. The van der Waals surface area contributed by atoms with Crippen LogP contribution in [0.25, 0.3) is 0 Å². The number of nitrogens with one attached hydrogen (secondary N) is 2. The zero-order chi connectivity index (χ0) is 22.4. The van der Waals surface area contributed by atoms with Crippen molar-refractivity contribution >= 4 is 17.8 Å². The fourth-order valence-corrected chi connectivity index (χ4v) is 3.82. The summed E-state index contributed by atoms with van der Waals surface area (Å²) in [5.41, 5.74) is 0.326. The third kappa shape index (κ3) is 4.93. The van der Waals surface area contributed by atoms with Crippen molar-refractivity contribution in [2.24, 2.45) is 0 Å². The number of rotatable bonds is 9. The van der Waals surface area contributed by atoms with Crippen LogP contribution >= 0.6 is 0 Å². The van der Waals surface area contributed by atoms with E-state index in [0.717, 1.165) is 16.9 Å². The highest BCUT2D eigenvalue weighted by Crippen LogP contribution is 2.34. The number of benzene rings is 2. The summed E-state index contributed by atoms with van der Waals surface area (Å²) in [6.45, 7) is 4.01. The fourth-order valence-electron chi connectivity index (χ4n) is 3.82. The Hall–Kier alpha value is -3.22. The van der Waals surface area contributed by atoms with Crippen molar-refractivity contribution < 1.29 is 18.8 Å². The summed E-state index contributed by atoms with van der Waals surface area (Å²) in [6.07, 6.45) is 1.89. The Morgan fingerprint density at radius 2 is 1.81 bits per heavy atom. The van der Waals surface area contributed by atoms with Gasteiger partial charge in [-0.05, 0) is 35.6 Å². The topological polar surface area (TPSA) is 78.5 Å². The number of unbranched alkanes of at least 4 members (excludes halogenated alkanes) is 1. The highest BCUT2D eigenvalue weighted by Gasteiger charge is 2.52. The molecule has 164 valence electrons. The third-order valence-electron chi connectivity index (χ3n) is 5.69. The van der Waals surface area contributed by atoms with E-state index in [2.05, 4.69) is 10.6 Å². The van der Waals surface area contributed by atoms with Crippen LogP contribution in [0.3, 0.4) is 0 Å². The van der Waals surface area contributed by atoms with E-state index in [4.69, 9.17) is 0 Å². The second kappa shape index (κ2) is 9.73. The van der Waals surface area contributed by atoms with Crippen LogP contribution in [0.5, 0.6) is 0 Å². The molecule has 31 heavy (non-hydrogen) atoms. The molecule has 6 nitrogen and oxygen atoms in total. The summed E-state index contributed by atoms with van der Waals surface area (Å²) in [7, 11) is 0. The van der Waals surface area contributed by atoms with E-state index in [1.165, 1.54) is 24.3 Å². The molecule has 0 unspecified atom stereocenters. The molecule has 2 atom stereocenters. The Labute approximate surface area is 181 Å². The average Bonchev–Trinajstić information content (AvgIpc) is 3.02. The molecule has 1 fully saturated rings. The summed E-state index contributed by atoms with van der Waals surface area (Å²) in [5.74, 6) is -1.22. The molecule has 2 N–H and O–H groups in total. The zero-order valence-electron chi connectivity index (χ0n) is 17.9. The third-order valence-corrected chi connectivity index (χ3v) is 5.69. The van der Waals surface area contributed by atoms with E-state index >= 15 is 0 Å². The Morgan fingerprint density at radius 3 is 2.45 bits per heavy atom. The van der Waals surface area contributed by atoms with E-state index in [9.17, 15) is 18.8 Å². The molecule has 0 saturated carbocycles. The fraction of sp³-hybridized carbons (Fsp3) is 0.375. The van der Waals surface area contributed by atoms with E-state index in [1.807, 2.05) is 44.2 Å². The molecule has 1 heterocycles. The summed E-state index contributed by atoms with van der Waals surface area (Å²) in [4.78, 5) is 39.4. The number of carbonyl (C=O) groups excluding carboxylic acids is 3. The first-order valence-electron chi connectivity index (χ1n) is 10.6. The van der Waals surface area contributed by atoms with Gasteiger partial charge < -0.3 is 10.6 Å². The van der Waals surface area contributed by atoms with Gasteiger partial charge in [0.2, 0.25) is 5.91 Å². The number of urea groups is 1. The smallest absolute Gasteiger partial charge is 0.325 e. The van der Waals surface area contributed by atoms with Gasteiger partial charge in [0.25, 0.3) is 5.91 Å². The SMILES string of the molecule is CCCC[C@@]1(c2ccc(F)cc2)NC(=O)N(CC(=O)NC[C@@H](C)c2ccccc2)C1=O. The molecule has 0 aliphatic carbocycles. The summed E-state index contributed by atoms with van der Waals surface area (Å²) < 4.78 is 13.4. The van der Waals surface area contributed by atoms with Crippen LogP contribution in [-0.4, -0.2) is 35.8 Å². The minimum atomic E-state index is -1.28. The van der Waals surface area contributed by atoms with Crippen LogP contribution in [-0.2, 0) is 15.1 Å². The van der Waals surface area contributed by atoms with Crippen LogP contribution in [0.1, 0.15) is 50.2 Å². The van der Waals surface area contributed by atoms with Crippen molar-refractivity contribution in [2.75, 3.05) is 13.1 Å². The Kier molecular flexibility index (Phi) is 7.05. The summed E-state index contributed by atoms with van der Waals surface area (Å²) >= 11 is 0. The van der Waals surface area contributed by atoms with Crippen molar-refractivity contribution in [2.45, 2.75) is 44.6 Å². The second-order valence-electron chi connectivity index (χ2n) is 7.95. The minimum absolute atomic E-state index is 0.0936. The van der Waals surface area contributed by atoms with Crippen molar-refractivity contribution in [3.05, 3.63) is 71.5 Å². The number of halogens is 1. The highest BCUT2D eigenvalue weighted by atomic mass is 19.1. The van der Waals surface area contributed by atoms with Crippen LogP contribution in [0.4, 0.5) is 9.18 Å². The van der Waals surface area contributed by atoms with Gasteiger partial charge in [0.15, 0.2) is 0 Å². The Balaban J connectivity index is 1.70. The van der Waals surface area contributed by atoms with Crippen LogP contribution in [0.2, 0.25) is 0 Å². The number of nitrogens with zero attached hydrogens (tertiary/aromatic N) is 1. The number of imide groups is 1. The first kappa shape index (κ1) is 22.5. The molecule has 3 rings (SSSR count). The normalized spacial score (nSPS) is 19.3. The highest BCUT2D eigenvalue weighted by molar-refractivity contribution is 6.09. The molecule has 2 aromatic carbocycles. The maximum atomic E-state index is 13.4. The zero-order valence-corrected chi connectivity index (χ0v) is 17.9. The van der Waals surface area contributed by atoms with Gasteiger partial charge in [-0.15, -0.1) is 0 Å². The molecule has 0 spiro atoms. The van der Waals surface area contributed by atoms with Gasteiger partial charge in [-0.2, -0.15) is 0 Å². The second-order valence-corrected chi connectivity index (χ2v) is 7.95. The van der Waals surface area contributed by atoms with Crippen molar-refractivity contribution in [1.29, 1.82) is 0 Å². The molecule has 1 aliphatic rings. The molecule has 0 aromatic heterocycles. The predicted molar refractivity (Wildman–Crippen MR) is 116 cm³/mol. The largest absolute Gasteiger partial charge is 0.354 e. The van der Waals surface area contributed by atoms with Crippen molar-refractivity contribution in [3.8, 4) is 0 Å². The van der Waals surface area contributed by atoms with E-state index in [0.29, 0.717) is 24.9 Å². The van der Waals surface area contributed by atoms with Gasteiger partial charge >= 0.3 is 6.03 Å². The minimum Gasteiger partial charge on any atom is -0.354 e. The van der Waals surface area contributed by atoms with E-state index in [-0.39, 0.29) is 12.5 Å². The maximum absolute atomic E-state index is 13.4. The number of hydrogen-bond donors (Lipinski definition) is 2. The molecule has 4 amide bonds. The van der Waals surface area contributed by atoms with Gasteiger partial charge in [-0.1, -0.05) is 69.2 Å². The Morgan fingerprint density at radius 1 is 1.13 bits per heavy atom. The maximum Gasteiger partial charge on any atom is 0.325 e. The van der Waals surface area contributed by atoms with Gasteiger partial charge in [0.1, 0.15) is 17.9 Å². The van der Waals surface area contributed by atoms with Crippen molar-refractivity contribution in [1.82, 2.24) is 15.5 Å². The van der Waals surface area contributed by atoms with Gasteiger partial charge in [0, 0.05) is 6.54 Å². The monoisotopic (exact) mass is 425 g/mol. The van der Waals surface area contributed by atoms with E-state index in [1.54, 1.807) is 0 Å². The lowest BCUT2D eigenvalue weighted by atomic mass is 9.85. The molecule has 0 bridgehead atoms. The number of hydrogen-bond acceptors (Lipinski definition) is 3. The lowest BCUT2D eigenvalue weighted by molar-refractivity contribution is -0.135. The first-order valence-corrected chi connectivity index (χ1v) is 10.6. The Bertz CT molecular complexity index is 933. The lowest BCUT2D eigenvalue weighted by Crippen LogP contribution is -2.45. The van der Waals surface area contributed by atoms with E-state index < -0.39 is 29.2 Å². The molecule has 1 saturated heterocycles. The predicted octanol–water partition coefficient (Wildman–Crippen LogP) is 3.68. The molecule has 7 heteroatoms. The van der Waals surface area contributed by atoms with Gasteiger partial charge in [0.05, 0.1) is 0 Å². The van der Waals surface area contributed by atoms with Gasteiger partial charge in [-0.3, -0.25) is 14.5 Å². The molecule has 1 aliphatic heterocycles. The summed E-state index contributed by atoms with van der Waals surface area (Å²) in [5, 5.41) is 5.57. The lowest BCUT2D eigenvalue weighted by Gasteiger charge is -2.27. The molecular weight excluding hydrogens is 397 g/mol. The standard InChI is InChI=1S/C24H28FN3O3/c1-3-4-14-24(19-10-12-20(25)13-11-19)22(30)28(23(31)27-24)16-21(29)26-15-17(2)18-8-6-5-7-9-18/h5-13,17H,3-4,14-16H2,1-2H3,(H,26,29)(H,27,31)/t17-,24+/m1/s1. The number of amides is 4. The average molecular weight is 426 g/mol.